The number of nitrogens with one attached hydrogen (secondary N) is 4. The van der Waals surface area contributed by atoms with E-state index in [1.807, 2.05) is 97.9 Å². The Balaban J connectivity index is 1.32. The molecule has 66 heavy (non-hydrogen) atoms. The maximum atomic E-state index is 14.9. The molecule has 0 radical (unpaired) electrons. The third kappa shape index (κ3) is 13.3. The molecule has 2 aliphatic rings. The van der Waals surface area contributed by atoms with Gasteiger partial charge in [-0.1, -0.05) is 103 Å². The molecule has 346 valence electrons. The molecule has 0 spiro atoms. The lowest BCUT2D eigenvalue weighted by Crippen LogP contribution is -2.58. The van der Waals surface area contributed by atoms with Crippen molar-refractivity contribution in [2.45, 2.75) is 64.1 Å². The fraction of sp³-hybridized carbons (Fsp3) is 0.365. The lowest BCUT2D eigenvalue weighted by atomic mass is 9.74. The van der Waals surface area contributed by atoms with Crippen molar-refractivity contribution >= 4 is 41.2 Å². The molecule has 4 aromatic rings. The van der Waals surface area contributed by atoms with Crippen LogP contribution < -0.4 is 21.3 Å². The number of ketones is 1. The summed E-state index contributed by atoms with van der Waals surface area (Å²) in [4.78, 5) is 101. The van der Waals surface area contributed by atoms with E-state index in [2.05, 4.69) is 21.3 Å². The molecule has 2 heterocycles. The standard InChI is InChI=1S/C52H61N7O7/c1-36(60)39-19-21-41(22-20-39)40-17-15-37(16-18-40)31-45-49(64)54-34-43-14-9-8-13-42(43)32-47(62)55-44(50(65)58(4)30-29-57(2)3)25-27-53-46(61)23-24-48(63)59-28-10-26-52(35-59,51(66)56-45)33-38-11-6-5-7-12-38/h5-9,11-24,44-45H,10,25-35H2,1-4H3,(H,53,61)(H,54,64)(H,55,62)(H,56,66)/b24-23+/t44-,45-,52-/m0/s1. The highest BCUT2D eigenvalue weighted by atomic mass is 16.2. The van der Waals surface area contributed by atoms with Gasteiger partial charge in [-0.05, 0) is 80.1 Å². The van der Waals surface area contributed by atoms with Gasteiger partial charge >= 0.3 is 0 Å². The summed E-state index contributed by atoms with van der Waals surface area (Å²) >= 11 is 0. The van der Waals surface area contributed by atoms with Gasteiger partial charge < -0.3 is 36.0 Å². The van der Waals surface area contributed by atoms with Crippen LogP contribution in [0.15, 0.2) is 115 Å². The highest BCUT2D eigenvalue weighted by Gasteiger charge is 2.44. The number of piperidine rings is 1. The zero-order chi connectivity index (χ0) is 47.2. The molecule has 0 aliphatic carbocycles. The van der Waals surface area contributed by atoms with Crippen LogP contribution in [0.4, 0.5) is 0 Å². The van der Waals surface area contributed by atoms with Crippen molar-refractivity contribution in [3.8, 4) is 11.1 Å². The Morgan fingerprint density at radius 2 is 1.41 bits per heavy atom. The maximum absolute atomic E-state index is 14.9. The largest absolute Gasteiger partial charge is 0.352 e. The fourth-order valence-electron chi connectivity index (χ4n) is 8.46. The number of rotatable bonds is 10. The highest BCUT2D eigenvalue weighted by Crippen LogP contribution is 2.35. The molecular formula is C52H61N7O7. The molecule has 3 atom stereocenters. The number of carbonyl (C=O) groups excluding carboxylic acids is 7. The Labute approximate surface area is 387 Å². The minimum Gasteiger partial charge on any atom is -0.352 e. The van der Waals surface area contributed by atoms with E-state index in [0.29, 0.717) is 55.6 Å². The molecule has 2 bridgehead atoms. The highest BCUT2D eigenvalue weighted by molar-refractivity contribution is 5.98. The smallest absolute Gasteiger partial charge is 0.246 e. The van der Waals surface area contributed by atoms with Gasteiger partial charge in [0.05, 0.1) is 11.8 Å². The Morgan fingerprint density at radius 1 is 0.742 bits per heavy atom. The molecule has 4 N–H and O–H groups in total. The first-order valence-corrected chi connectivity index (χ1v) is 22.5. The number of benzene rings is 4. The lowest BCUT2D eigenvalue weighted by molar-refractivity contribution is -0.141. The number of hydrogen-bond donors (Lipinski definition) is 4. The molecule has 4 aromatic carbocycles. The first-order valence-electron chi connectivity index (χ1n) is 22.5. The summed E-state index contributed by atoms with van der Waals surface area (Å²) in [6, 6.07) is 29.8. The summed E-state index contributed by atoms with van der Waals surface area (Å²) in [5, 5.41) is 11.8. The van der Waals surface area contributed by atoms with Crippen LogP contribution in [0.2, 0.25) is 0 Å². The lowest BCUT2D eigenvalue weighted by Gasteiger charge is -2.42. The first kappa shape index (κ1) is 48.5. The minimum atomic E-state index is -1.11. The minimum absolute atomic E-state index is 0.0202. The molecule has 0 aromatic heterocycles. The normalized spacial score (nSPS) is 20.6. The number of fused-ring (bicyclic) bond motifs is 3. The van der Waals surface area contributed by atoms with Gasteiger partial charge in [-0.15, -0.1) is 0 Å². The Morgan fingerprint density at radius 3 is 2.09 bits per heavy atom. The average Bonchev–Trinajstić information content (AvgIpc) is 3.31. The summed E-state index contributed by atoms with van der Waals surface area (Å²) in [7, 11) is 5.47. The van der Waals surface area contributed by atoms with Crippen molar-refractivity contribution in [2.24, 2.45) is 5.41 Å². The molecule has 14 nitrogen and oxygen atoms in total. The van der Waals surface area contributed by atoms with Crippen LogP contribution in [0.3, 0.4) is 0 Å². The van der Waals surface area contributed by atoms with E-state index < -0.39 is 41.1 Å². The third-order valence-electron chi connectivity index (χ3n) is 12.3. The van der Waals surface area contributed by atoms with E-state index in [9.17, 15) is 33.6 Å². The molecule has 2 aliphatic heterocycles. The van der Waals surface area contributed by atoms with Crippen LogP contribution in [-0.2, 0) is 54.6 Å². The molecule has 1 saturated heterocycles. The molecule has 1 fully saturated rings. The molecule has 6 amide bonds. The molecule has 14 heteroatoms. The van der Waals surface area contributed by atoms with E-state index >= 15 is 0 Å². The van der Waals surface area contributed by atoms with E-state index in [1.54, 1.807) is 41.1 Å². The van der Waals surface area contributed by atoms with E-state index in [-0.39, 0.29) is 56.5 Å². The van der Waals surface area contributed by atoms with Crippen molar-refractivity contribution < 1.29 is 33.6 Å². The second-order valence-corrected chi connectivity index (χ2v) is 17.6. The second-order valence-electron chi connectivity index (χ2n) is 17.6. The molecule has 0 saturated carbocycles. The van der Waals surface area contributed by atoms with E-state index in [4.69, 9.17) is 0 Å². The molecular weight excluding hydrogens is 835 g/mol. The van der Waals surface area contributed by atoms with Crippen molar-refractivity contribution in [1.82, 2.24) is 36.0 Å². The third-order valence-corrected chi connectivity index (χ3v) is 12.3. The topological polar surface area (TPSA) is 177 Å². The van der Waals surface area contributed by atoms with E-state index in [1.165, 1.54) is 13.0 Å². The first-order chi connectivity index (χ1) is 31.7. The number of hydrogen-bond acceptors (Lipinski definition) is 8. The van der Waals surface area contributed by atoms with Gasteiger partial charge in [0.1, 0.15) is 12.1 Å². The van der Waals surface area contributed by atoms with Gasteiger partial charge in [-0.2, -0.15) is 0 Å². The van der Waals surface area contributed by atoms with Crippen LogP contribution in [-0.4, -0.2) is 122 Å². The Bertz CT molecular complexity index is 2400. The zero-order valence-corrected chi connectivity index (χ0v) is 38.3. The Hall–Kier alpha value is -6.93. The quantitative estimate of drug-likeness (QED) is 0.174. The van der Waals surface area contributed by atoms with Crippen LogP contribution in [0.5, 0.6) is 0 Å². The SMILES string of the molecule is CC(=O)c1ccc(-c2ccc(C[C@@H]3NC(=O)[C@]4(Cc5ccccc5)CCCN(C4)C(=O)/C=C/C(=O)NCC[C@@H](C(=O)N(C)CCN(C)C)NC(=O)Cc4ccccc4CNC3=O)cc2)cc1. The summed E-state index contributed by atoms with van der Waals surface area (Å²) in [5.41, 5.74) is 4.34. The summed E-state index contributed by atoms with van der Waals surface area (Å²) in [5.74, 6) is -2.54. The fourth-order valence-corrected chi connectivity index (χ4v) is 8.46. The molecule has 6 rings (SSSR count). The predicted molar refractivity (Wildman–Crippen MR) is 253 cm³/mol. The van der Waals surface area contributed by atoms with Gasteiger partial charge in [-0.25, -0.2) is 0 Å². The monoisotopic (exact) mass is 895 g/mol. The van der Waals surface area contributed by atoms with Crippen LogP contribution in [0.25, 0.3) is 11.1 Å². The summed E-state index contributed by atoms with van der Waals surface area (Å²) in [6.07, 6.45) is 3.76. The van der Waals surface area contributed by atoms with E-state index in [0.717, 1.165) is 28.3 Å². The number of amides is 6. The maximum Gasteiger partial charge on any atom is 0.246 e. The van der Waals surface area contributed by atoms with Crippen LogP contribution in [0, 0.1) is 5.41 Å². The summed E-state index contributed by atoms with van der Waals surface area (Å²) < 4.78 is 0. The van der Waals surface area contributed by atoms with Crippen molar-refractivity contribution in [2.75, 3.05) is 53.9 Å². The van der Waals surface area contributed by atoms with Crippen LogP contribution >= 0.6 is 0 Å². The Kier molecular flexibility index (Phi) is 16.8. The number of Topliss-reactive ketones (excluding diaryl/α,β-unsaturated/α-hetero) is 1. The van der Waals surface area contributed by atoms with Gasteiger partial charge in [0.2, 0.25) is 35.4 Å². The van der Waals surface area contributed by atoms with Gasteiger partial charge in [0, 0.05) is 70.5 Å². The van der Waals surface area contributed by atoms with Gasteiger partial charge in [-0.3, -0.25) is 33.6 Å². The zero-order valence-electron chi connectivity index (χ0n) is 38.3. The predicted octanol–water partition coefficient (Wildman–Crippen LogP) is 3.87. The van der Waals surface area contributed by atoms with Crippen molar-refractivity contribution in [1.29, 1.82) is 0 Å². The van der Waals surface area contributed by atoms with Gasteiger partial charge in [0.15, 0.2) is 5.78 Å². The second kappa shape index (κ2) is 22.8. The van der Waals surface area contributed by atoms with Crippen molar-refractivity contribution in [3.63, 3.8) is 0 Å². The average molecular weight is 896 g/mol. The molecule has 0 unspecified atom stereocenters. The number of nitrogens with zero attached hydrogens (tertiary/aromatic N) is 3. The van der Waals surface area contributed by atoms with Crippen LogP contribution in [0.1, 0.15) is 58.8 Å². The number of likely N-dealkylation sites (N-methyl/N-ethyl adjacent to an activating group) is 2. The van der Waals surface area contributed by atoms with Crippen molar-refractivity contribution in [3.05, 3.63) is 143 Å². The summed E-state index contributed by atoms with van der Waals surface area (Å²) in [6.45, 7) is 3.08. The number of carbonyl (C=O) groups is 7. The van der Waals surface area contributed by atoms with Gasteiger partial charge in [0.25, 0.3) is 0 Å².